The van der Waals surface area contributed by atoms with Crippen LogP contribution in [-0.4, -0.2) is 23.2 Å². The van der Waals surface area contributed by atoms with Gasteiger partial charge in [-0.25, -0.2) is 4.98 Å². The SMILES string of the molecule is COc1cccc(Cl)c1CNCCCn1ccnc1. The maximum Gasteiger partial charge on any atom is 0.124 e. The van der Waals surface area contributed by atoms with Crippen molar-refractivity contribution in [1.29, 1.82) is 0 Å². The predicted molar refractivity (Wildman–Crippen MR) is 76.6 cm³/mol. The Balaban J connectivity index is 1.76. The molecule has 1 N–H and O–H groups in total. The Morgan fingerprint density at radius 2 is 2.32 bits per heavy atom. The fourth-order valence-electron chi connectivity index (χ4n) is 1.92. The zero-order valence-electron chi connectivity index (χ0n) is 11.0. The van der Waals surface area contributed by atoms with Crippen molar-refractivity contribution in [3.05, 3.63) is 47.5 Å². The van der Waals surface area contributed by atoms with E-state index in [1.165, 1.54) is 0 Å². The molecule has 5 heteroatoms. The van der Waals surface area contributed by atoms with Crippen molar-refractivity contribution in [3.8, 4) is 5.75 Å². The first-order valence-electron chi connectivity index (χ1n) is 6.29. The van der Waals surface area contributed by atoms with E-state index in [1.807, 2.05) is 30.7 Å². The molecule has 0 aliphatic heterocycles. The summed E-state index contributed by atoms with van der Waals surface area (Å²) in [5, 5.41) is 4.12. The number of nitrogens with one attached hydrogen (secondary N) is 1. The molecule has 2 aromatic rings. The van der Waals surface area contributed by atoms with E-state index in [-0.39, 0.29) is 0 Å². The molecule has 102 valence electrons. The minimum absolute atomic E-state index is 0.715. The largest absolute Gasteiger partial charge is 0.496 e. The second-order valence-corrected chi connectivity index (χ2v) is 4.66. The second kappa shape index (κ2) is 7.16. The Labute approximate surface area is 118 Å². The number of aryl methyl sites for hydroxylation is 1. The Kier molecular flexibility index (Phi) is 5.24. The quantitative estimate of drug-likeness (QED) is 0.792. The minimum atomic E-state index is 0.715. The lowest BCUT2D eigenvalue weighted by atomic mass is 10.2. The highest BCUT2D eigenvalue weighted by atomic mass is 35.5. The van der Waals surface area contributed by atoms with Crippen LogP contribution in [0.2, 0.25) is 5.02 Å². The van der Waals surface area contributed by atoms with Gasteiger partial charge < -0.3 is 14.6 Å². The van der Waals surface area contributed by atoms with Crippen LogP contribution >= 0.6 is 11.6 Å². The van der Waals surface area contributed by atoms with E-state index in [1.54, 1.807) is 13.3 Å². The molecule has 0 fully saturated rings. The average molecular weight is 280 g/mol. The number of rotatable bonds is 7. The summed E-state index contributed by atoms with van der Waals surface area (Å²) >= 11 is 6.17. The molecule has 0 saturated carbocycles. The number of ether oxygens (including phenoxy) is 1. The first-order chi connectivity index (χ1) is 9.31. The summed E-state index contributed by atoms with van der Waals surface area (Å²) in [6.45, 7) is 2.60. The zero-order valence-corrected chi connectivity index (χ0v) is 11.7. The summed E-state index contributed by atoms with van der Waals surface area (Å²) in [4.78, 5) is 4.01. The highest BCUT2D eigenvalue weighted by Crippen LogP contribution is 2.25. The topological polar surface area (TPSA) is 39.1 Å². The van der Waals surface area contributed by atoms with Crippen molar-refractivity contribution < 1.29 is 4.74 Å². The number of nitrogens with zero attached hydrogens (tertiary/aromatic N) is 2. The summed E-state index contributed by atoms with van der Waals surface area (Å²) in [6.07, 6.45) is 6.64. The standard InChI is InChI=1S/C14H18ClN3O/c1-19-14-5-2-4-13(15)12(14)10-16-6-3-8-18-9-7-17-11-18/h2,4-5,7,9,11,16H,3,6,8,10H2,1H3. The number of imidazole rings is 1. The number of benzene rings is 1. The number of hydrogen-bond acceptors (Lipinski definition) is 3. The normalized spacial score (nSPS) is 10.6. The van der Waals surface area contributed by atoms with Crippen LogP contribution in [0.15, 0.2) is 36.9 Å². The molecule has 0 amide bonds. The van der Waals surface area contributed by atoms with Crippen LogP contribution in [0.3, 0.4) is 0 Å². The highest BCUT2D eigenvalue weighted by molar-refractivity contribution is 6.31. The summed E-state index contributed by atoms with van der Waals surface area (Å²) in [6, 6.07) is 5.70. The van der Waals surface area contributed by atoms with Gasteiger partial charge in [-0.15, -0.1) is 0 Å². The predicted octanol–water partition coefficient (Wildman–Crippen LogP) is 2.73. The maximum atomic E-state index is 6.17. The lowest BCUT2D eigenvalue weighted by molar-refractivity contribution is 0.407. The van der Waals surface area contributed by atoms with E-state index < -0.39 is 0 Å². The van der Waals surface area contributed by atoms with Crippen LogP contribution in [0.4, 0.5) is 0 Å². The van der Waals surface area contributed by atoms with Gasteiger partial charge in [-0.05, 0) is 25.1 Å². The molecule has 0 saturated heterocycles. The number of halogens is 1. The molecule has 1 aromatic heterocycles. The van der Waals surface area contributed by atoms with Crippen LogP contribution < -0.4 is 10.1 Å². The Bertz CT molecular complexity index is 499. The van der Waals surface area contributed by atoms with Crippen molar-refractivity contribution in [2.75, 3.05) is 13.7 Å². The summed E-state index contributed by atoms with van der Waals surface area (Å²) in [7, 11) is 1.66. The van der Waals surface area contributed by atoms with Crippen LogP contribution in [0.1, 0.15) is 12.0 Å². The third kappa shape index (κ3) is 3.98. The van der Waals surface area contributed by atoms with Crippen molar-refractivity contribution in [2.45, 2.75) is 19.5 Å². The molecule has 0 aliphatic rings. The van der Waals surface area contributed by atoms with E-state index in [0.29, 0.717) is 6.54 Å². The fourth-order valence-corrected chi connectivity index (χ4v) is 2.15. The minimum Gasteiger partial charge on any atom is -0.496 e. The average Bonchev–Trinajstić information content (AvgIpc) is 2.93. The zero-order chi connectivity index (χ0) is 13.5. The van der Waals surface area contributed by atoms with E-state index in [4.69, 9.17) is 16.3 Å². The van der Waals surface area contributed by atoms with Gasteiger partial charge in [0.2, 0.25) is 0 Å². The smallest absolute Gasteiger partial charge is 0.124 e. The molecule has 1 aromatic carbocycles. The molecule has 0 aliphatic carbocycles. The van der Waals surface area contributed by atoms with Gasteiger partial charge in [-0.1, -0.05) is 17.7 Å². The van der Waals surface area contributed by atoms with Crippen molar-refractivity contribution in [2.24, 2.45) is 0 Å². The lowest BCUT2D eigenvalue weighted by Gasteiger charge is -2.11. The van der Waals surface area contributed by atoms with E-state index in [9.17, 15) is 0 Å². The highest BCUT2D eigenvalue weighted by Gasteiger charge is 2.06. The summed E-state index contributed by atoms with van der Waals surface area (Å²) < 4.78 is 7.37. The van der Waals surface area contributed by atoms with Crippen molar-refractivity contribution >= 4 is 11.6 Å². The second-order valence-electron chi connectivity index (χ2n) is 4.25. The maximum absolute atomic E-state index is 6.17. The molecule has 19 heavy (non-hydrogen) atoms. The van der Waals surface area contributed by atoms with Crippen LogP contribution in [0.5, 0.6) is 5.75 Å². The third-order valence-corrected chi connectivity index (χ3v) is 3.28. The van der Waals surface area contributed by atoms with Crippen LogP contribution in [0, 0.1) is 0 Å². The van der Waals surface area contributed by atoms with E-state index in [0.717, 1.165) is 35.8 Å². The summed E-state index contributed by atoms with van der Waals surface area (Å²) in [5.74, 6) is 0.828. The first kappa shape index (κ1) is 13.9. The summed E-state index contributed by atoms with van der Waals surface area (Å²) in [5.41, 5.74) is 1.01. The Morgan fingerprint density at radius 1 is 1.42 bits per heavy atom. The van der Waals surface area contributed by atoms with Crippen molar-refractivity contribution in [3.63, 3.8) is 0 Å². The number of methoxy groups -OCH3 is 1. The van der Waals surface area contributed by atoms with Crippen LogP contribution in [0.25, 0.3) is 0 Å². The van der Waals surface area contributed by atoms with Gasteiger partial charge in [0.05, 0.1) is 13.4 Å². The van der Waals surface area contributed by atoms with Gasteiger partial charge in [0.1, 0.15) is 5.75 Å². The molecule has 0 spiro atoms. The Morgan fingerprint density at radius 3 is 3.05 bits per heavy atom. The van der Waals surface area contributed by atoms with Gasteiger partial charge in [-0.3, -0.25) is 0 Å². The lowest BCUT2D eigenvalue weighted by Crippen LogP contribution is -2.17. The molecule has 0 radical (unpaired) electrons. The van der Waals surface area contributed by atoms with Gasteiger partial charge in [0, 0.05) is 36.1 Å². The number of hydrogen-bond donors (Lipinski definition) is 1. The van der Waals surface area contributed by atoms with E-state index in [2.05, 4.69) is 14.9 Å². The molecule has 0 bridgehead atoms. The molecule has 0 unspecified atom stereocenters. The Hall–Kier alpha value is -1.52. The molecule has 2 rings (SSSR count). The van der Waals surface area contributed by atoms with Gasteiger partial charge in [0.15, 0.2) is 0 Å². The molecular formula is C14H18ClN3O. The number of aromatic nitrogens is 2. The monoisotopic (exact) mass is 279 g/mol. The molecular weight excluding hydrogens is 262 g/mol. The third-order valence-electron chi connectivity index (χ3n) is 2.93. The molecule has 0 atom stereocenters. The molecule has 1 heterocycles. The van der Waals surface area contributed by atoms with Gasteiger partial charge >= 0.3 is 0 Å². The van der Waals surface area contributed by atoms with E-state index >= 15 is 0 Å². The fraction of sp³-hybridized carbons (Fsp3) is 0.357. The molecule has 4 nitrogen and oxygen atoms in total. The van der Waals surface area contributed by atoms with Crippen molar-refractivity contribution in [1.82, 2.24) is 14.9 Å². The van der Waals surface area contributed by atoms with Gasteiger partial charge in [0.25, 0.3) is 0 Å². The van der Waals surface area contributed by atoms with Gasteiger partial charge in [-0.2, -0.15) is 0 Å². The van der Waals surface area contributed by atoms with Crippen LogP contribution in [-0.2, 0) is 13.1 Å². The first-order valence-corrected chi connectivity index (χ1v) is 6.67.